The van der Waals surface area contributed by atoms with E-state index in [0.717, 1.165) is 13.0 Å². The van der Waals surface area contributed by atoms with Gasteiger partial charge in [-0.15, -0.1) is 11.3 Å². The molecule has 0 spiro atoms. The second kappa shape index (κ2) is 6.66. The van der Waals surface area contributed by atoms with Crippen LogP contribution < -0.4 is 5.32 Å². The molecular formula is C12H20BrNS. The van der Waals surface area contributed by atoms with Gasteiger partial charge in [-0.05, 0) is 31.9 Å². The molecule has 1 aromatic rings. The molecule has 0 bridgehead atoms. The molecule has 0 aliphatic rings. The smallest absolute Gasteiger partial charge is 0.0302 e. The molecule has 0 amide bonds. The number of hydrogen-bond donors (Lipinski definition) is 1. The van der Waals surface area contributed by atoms with Crippen LogP contribution in [0.1, 0.15) is 36.9 Å². The van der Waals surface area contributed by atoms with Crippen molar-refractivity contribution in [2.45, 2.75) is 51.0 Å². The fraction of sp³-hybridized carbons (Fsp3) is 0.667. The van der Waals surface area contributed by atoms with Crippen molar-refractivity contribution in [1.29, 1.82) is 0 Å². The third kappa shape index (κ3) is 5.14. The summed E-state index contributed by atoms with van der Waals surface area (Å²) in [6.07, 6.45) is 2.32. The van der Waals surface area contributed by atoms with E-state index < -0.39 is 0 Å². The Morgan fingerprint density at radius 1 is 1.33 bits per heavy atom. The van der Waals surface area contributed by atoms with Crippen LogP contribution in [0.4, 0.5) is 0 Å². The van der Waals surface area contributed by atoms with Gasteiger partial charge in [0.05, 0.1) is 0 Å². The van der Waals surface area contributed by atoms with Gasteiger partial charge in [0.15, 0.2) is 0 Å². The Labute approximate surface area is 105 Å². The van der Waals surface area contributed by atoms with Crippen molar-refractivity contribution in [1.82, 2.24) is 5.32 Å². The molecule has 2 unspecified atom stereocenters. The number of nitrogens with one attached hydrogen (secondary N) is 1. The maximum Gasteiger partial charge on any atom is 0.0302 e. The lowest BCUT2D eigenvalue weighted by molar-refractivity contribution is 0.518. The van der Waals surface area contributed by atoms with Crippen LogP contribution in [0.15, 0.2) is 12.1 Å². The minimum absolute atomic E-state index is 0.576. The van der Waals surface area contributed by atoms with Crippen molar-refractivity contribution < 1.29 is 0 Å². The summed E-state index contributed by atoms with van der Waals surface area (Å²) >= 11 is 5.50. The van der Waals surface area contributed by atoms with E-state index in [1.54, 1.807) is 0 Å². The van der Waals surface area contributed by atoms with Crippen molar-refractivity contribution in [3.05, 3.63) is 21.9 Å². The minimum Gasteiger partial charge on any atom is -0.309 e. The molecule has 0 aliphatic heterocycles. The molecule has 0 fully saturated rings. The predicted octanol–water partition coefficient (Wildman–Crippen LogP) is 3.96. The summed E-state index contributed by atoms with van der Waals surface area (Å²) in [5, 5.41) is 3.55. The summed E-state index contributed by atoms with van der Waals surface area (Å²) in [6, 6.07) is 5.05. The van der Waals surface area contributed by atoms with Gasteiger partial charge in [0.1, 0.15) is 0 Å². The molecule has 0 aromatic carbocycles. The Balaban J connectivity index is 2.30. The van der Waals surface area contributed by atoms with Crippen LogP contribution in [-0.4, -0.2) is 10.9 Å². The van der Waals surface area contributed by atoms with Gasteiger partial charge in [0.25, 0.3) is 0 Å². The first kappa shape index (κ1) is 13.2. The van der Waals surface area contributed by atoms with Gasteiger partial charge in [-0.1, -0.05) is 29.8 Å². The summed E-state index contributed by atoms with van der Waals surface area (Å²) in [6.45, 7) is 7.65. The van der Waals surface area contributed by atoms with Crippen LogP contribution >= 0.6 is 27.3 Å². The summed E-state index contributed by atoms with van der Waals surface area (Å²) < 4.78 is 0. The maximum absolute atomic E-state index is 3.58. The van der Waals surface area contributed by atoms with Crippen molar-refractivity contribution in [2.75, 3.05) is 0 Å². The van der Waals surface area contributed by atoms with Crippen molar-refractivity contribution in [2.24, 2.45) is 0 Å². The Kier molecular flexibility index (Phi) is 5.87. The minimum atomic E-state index is 0.576. The topological polar surface area (TPSA) is 12.0 Å². The number of hydrogen-bond acceptors (Lipinski definition) is 2. The third-order valence-electron chi connectivity index (χ3n) is 2.37. The molecular weight excluding hydrogens is 270 g/mol. The Morgan fingerprint density at radius 2 is 2.00 bits per heavy atom. The molecule has 1 nitrogen and oxygen atoms in total. The SMILES string of the molecule is CCc1ccc(CNC(C)CC(C)Br)s1. The molecule has 1 N–H and O–H groups in total. The molecule has 1 aromatic heterocycles. The molecule has 0 saturated carbocycles. The second-order valence-corrected chi connectivity index (χ2v) is 6.84. The Morgan fingerprint density at radius 3 is 2.53 bits per heavy atom. The van der Waals surface area contributed by atoms with Crippen molar-refractivity contribution >= 4 is 27.3 Å². The highest BCUT2D eigenvalue weighted by Gasteiger charge is 2.06. The van der Waals surface area contributed by atoms with E-state index in [1.807, 2.05) is 11.3 Å². The monoisotopic (exact) mass is 289 g/mol. The summed E-state index contributed by atoms with van der Waals surface area (Å²) in [5.74, 6) is 0. The summed E-state index contributed by atoms with van der Waals surface area (Å²) in [5.41, 5.74) is 0. The van der Waals surface area contributed by atoms with E-state index in [4.69, 9.17) is 0 Å². The van der Waals surface area contributed by atoms with Gasteiger partial charge in [-0.25, -0.2) is 0 Å². The molecule has 0 radical (unpaired) electrons. The molecule has 3 heteroatoms. The zero-order valence-corrected chi connectivity index (χ0v) is 12.1. The largest absolute Gasteiger partial charge is 0.309 e. The first-order chi connectivity index (χ1) is 7.11. The lowest BCUT2D eigenvalue weighted by atomic mass is 10.2. The highest BCUT2D eigenvalue weighted by molar-refractivity contribution is 9.09. The van der Waals surface area contributed by atoms with E-state index >= 15 is 0 Å². The summed E-state index contributed by atoms with van der Waals surface area (Å²) in [4.78, 5) is 3.52. The number of alkyl halides is 1. The van der Waals surface area contributed by atoms with Crippen LogP contribution in [0.3, 0.4) is 0 Å². The fourth-order valence-electron chi connectivity index (χ4n) is 1.55. The average molecular weight is 290 g/mol. The van der Waals surface area contributed by atoms with Crippen LogP contribution in [0.5, 0.6) is 0 Å². The highest BCUT2D eigenvalue weighted by Crippen LogP contribution is 2.17. The van der Waals surface area contributed by atoms with Gasteiger partial charge in [-0.3, -0.25) is 0 Å². The van der Waals surface area contributed by atoms with Gasteiger partial charge in [0, 0.05) is 27.2 Å². The molecule has 1 rings (SSSR count). The molecule has 0 saturated heterocycles. The van der Waals surface area contributed by atoms with E-state index in [1.165, 1.54) is 16.2 Å². The zero-order valence-electron chi connectivity index (χ0n) is 9.72. The summed E-state index contributed by atoms with van der Waals surface area (Å²) in [7, 11) is 0. The van der Waals surface area contributed by atoms with Crippen molar-refractivity contribution in [3.63, 3.8) is 0 Å². The average Bonchev–Trinajstić information content (AvgIpc) is 2.61. The highest BCUT2D eigenvalue weighted by atomic mass is 79.9. The molecule has 15 heavy (non-hydrogen) atoms. The number of halogens is 1. The predicted molar refractivity (Wildman–Crippen MR) is 73.0 cm³/mol. The first-order valence-corrected chi connectivity index (χ1v) is 7.30. The standard InChI is InChI=1S/C12H20BrNS/c1-4-11-5-6-12(15-11)8-14-10(3)7-9(2)13/h5-6,9-10,14H,4,7-8H2,1-3H3. The van der Waals surface area contributed by atoms with E-state index in [0.29, 0.717) is 10.9 Å². The van der Waals surface area contributed by atoms with Crippen LogP contribution in [-0.2, 0) is 13.0 Å². The van der Waals surface area contributed by atoms with Gasteiger partial charge < -0.3 is 5.32 Å². The maximum atomic E-state index is 3.58. The normalized spacial score (nSPS) is 15.2. The second-order valence-electron chi connectivity index (χ2n) is 4.02. The van der Waals surface area contributed by atoms with Gasteiger partial charge in [0.2, 0.25) is 0 Å². The van der Waals surface area contributed by atoms with Crippen LogP contribution in [0.25, 0.3) is 0 Å². The molecule has 2 atom stereocenters. The molecule has 0 aliphatic carbocycles. The van der Waals surface area contributed by atoms with E-state index in [-0.39, 0.29) is 0 Å². The quantitative estimate of drug-likeness (QED) is 0.782. The lowest BCUT2D eigenvalue weighted by Gasteiger charge is -2.14. The number of aryl methyl sites for hydroxylation is 1. The number of thiophene rings is 1. The number of rotatable bonds is 6. The third-order valence-corrected chi connectivity index (χ3v) is 3.97. The molecule has 86 valence electrons. The van der Waals surface area contributed by atoms with Crippen LogP contribution in [0, 0.1) is 0 Å². The van der Waals surface area contributed by atoms with E-state index in [9.17, 15) is 0 Å². The fourth-order valence-corrected chi connectivity index (χ4v) is 3.02. The van der Waals surface area contributed by atoms with Gasteiger partial charge in [-0.2, -0.15) is 0 Å². The first-order valence-electron chi connectivity index (χ1n) is 5.56. The van der Waals surface area contributed by atoms with E-state index in [2.05, 4.69) is 54.2 Å². The van der Waals surface area contributed by atoms with Crippen molar-refractivity contribution in [3.8, 4) is 0 Å². The Hall–Kier alpha value is 0.140. The van der Waals surface area contributed by atoms with Crippen LogP contribution in [0.2, 0.25) is 0 Å². The molecule has 1 heterocycles. The van der Waals surface area contributed by atoms with Gasteiger partial charge >= 0.3 is 0 Å². The zero-order chi connectivity index (χ0) is 11.3. The lowest BCUT2D eigenvalue weighted by Crippen LogP contribution is -2.27. The Bertz CT molecular complexity index is 283.